The molecule has 7 heteroatoms. The van der Waals surface area contributed by atoms with Crippen molar-refractivity contribution in [2.24, 2.45) is 0 Å². The topological polar surface area (TPSA) is 78.5 Å². The summed E-state index contributed by atoms with van der Waals surface area (Å²) in [6, 6.07) is 53.2. The van der Waals surface area contributed by atoms with Crippen molar-refractivity contribution < 1.29 is 0 Å². The predicted octanol–water partition coefficient (Wildman–Crippen LogP) is 8.87. The Labute approximate surface area is 302 Å². The molecule has 0 unspecified atom stereocenters. The standard InChI is InChI=1S/C45H38N6O/c1-3-15-38-30-42-39(32(2)46-38)28-29-43(52)50(42)31-33-24-26-34(27-25-33)40-22-13-14-23-41(40)44-47-49-51(48-44)45(35-16-7-4-8-17-35,36-18-9-5-10-19-36)37-20-11-6-12-21-37/h4-14,16-30H,3,15,31H2,1-2H3. The lowest BCUT2D eigenvalue weighted by molar-refractivity contribution is 0.396. The van der Waals surface area contributed by atoms with E-state index >= 15 is 0 Å². The second-order valence-corrected chi connectivity index (χ2v) is 13.1. The van der Waals surface area contributed by atoms with Crippen LogP contribution in [-0.4, -0.2) is 29.8 Å². The molecule has 0 radical (unpaired) electrons. The first-order valence-electron chi connectivity index (χ1n) is 17.7. The Kier molecular flexibility index (Phi) is 8.83. The Balaban J connectivity index is 1.18. The first-order chi connectivity index (χ1) is 25.6. The van der Waals surface area contributed by atoms with Crippen LogP contribution in [0, 0.1) is 6.92 Å². The molecule has 254 valence electrons. The average Bonchev–Trinajstić information content (AvgIpc) is 3.68. The van der Waals surface area contributed by atoms with Crippen molar-refractivity contribution in [2.45, 2.75) is 38.8 Å². The molecular weight excluding hydrogens is 641 g/mol. The zero-order chi connectivity index (χ0) is 35.5. The maximum absolute atomic E-state index is 13.2. The molecular formula is C45H38N6O. The summed E-state index contributed by atoms with van der Waals surface area (Å²) in [5, 5.41) is 15.6. The maximum Gasteiger partial charge on any atom is 0.251 e. The van der Waals surface area contributed by atoms with Crippen LogP contribution in [0.4, 0.5) is 0 Å². The lowest BCUT2D eigenvalue weighted by Crippen LogP contribution is -2.39. The summed E-state index contributed by atoms with van der Waals surface area (Å²) in [6.45, 7) is 4.62. The zero-order valence-corrected chi connectivity index (χ0v) is 29.2. The van der Waals surface area contributed by atoms with E-state index < -0.39 is 5.54 Å². The van der Waals surface area contributed by atoms with Gasteiger partial charge in [-0.05, 0) is 64.1 Å². The van der Waals surface area contributed by atoms with Gasteiger partial charge in [0.15, 0.2) is 5.54 Å². The van der Waals surface area contributed by atoms with E-state index in [1.807, 2.05) is 90.4 Å². The van der Waals surface area contributed by atoms with Crippen LogP contribution in [0.5, 0.6) is 0 Å². The fourth-order valence-corrected chi connectivity index (χ4v) is 7.32. The SMILES string of the molecule is CCCc1cc2c(ccc(=O)n2Cc2ccc(-c3ccccc3-c3nnn(C(c4ccccc4)(c4ccccc4)c4ccccc4)n3)cc2)c(C)n1. The molecule has 0 saturated carbocycles. The molecule has 0 aliphatic carbocycles. The molecule has 0 aliphatic rings. The number of aromatic nitrogens is 6. The van der Waals surface area contributed by atoms with E-state index in [0.717, 1.165) is 74.1 Å². The minimum absolute atomic E-state index is 0.0262. The molecule has 8 rings (SSSR count). The molecule has 0 N–H and O–H groups in total. The lowest BCUT2D eigenvalue weighted by atomic mass is 9.77. The fourth-order valence-electron chi connectivity index (χ4n) is 7.32. The van der Waals surface area contributed by atoms with E-state index in [9.17, 15) is 4.79 Å². The average molecular weight is 679 g/mol. The molecule has 0 amide bonds. The van der Waals surface area contributed by atoms with Crippen LogP contribution in [0.1, 0.15) is 47.0 Å². The van der Waals surface area contributed by atoms with Crippen molar-refractivity contribution >= 4 is 10.9 Å². The Hall–Kier alpha value is -6.47. The highest BCUT2D eigenvalue weighted by Crippen LogP contribution is 2.40. The molecule has 7 nitrogen and oxygen atoms in total. The van der Waals surface area contributed by atoms with Crippen molar-refractivity contribution in [3.63, 3.8) is 0 Å². The van der Waals surface area contributed by atoms with Gasteiger partial charge in [-0.15, -0.1) is 15.0 Å². The monoisotopic (exact) mass is 678 g/mol. The van der Waals surface area contributed by atoms with Crippen LogP contribution in [-0.2, 0) is 18.5 Å². The quantitative estimate of drug-likeness (QED) is 0.135. The van der Waals surface area contributed by atoms with E-state index in [1.165, 1.54) is 0 Å². The number of tetrazole rings is 1. The highest BCUT2D eigenvalue weighted by Gasteiger charge is 2.41. The highest BCUT2D eigenvalue weighted by atomic mass is 16.1. The molecule has 0 saturated heterocycles. The molecule has 0 atom stereocenters. The summed E-state index contributed by atoms with van der Waals surface area (Å²) in [5.74, 6) is 0.529. The van der Waals surface area contributed by atoms with Gasteiger partial charge in [-0.2, -0.15) is 0 Å². The number of benzene rings is 5. The smallest absolute Gasteiger partial charge is 0.251 e. The van der Waals surface area contributed by atoms with Gasteiger partial charge in [-0.3, -0.25) is 9.78 Å². The summed E-state index contributed by atoms with van der Waals surface area (Å²) in [4.78, 5) is 19.7. The molecule has 3 aromatic heterocycles. The summed E-state index contributed by atoms with van der Waals surface area (Å²) in [6.07, 6.45) is 1.88. The third kappa shape index (κ3) is 5.90. The predicted molar refractivity (Wildman–Crippen MR) is 207 cm³/mol. The summed E-state index contributed by atoms with van der Waals surface area (Å²) >= 11 is 0. The van der Waals surface area contributed by atoms with Gasteiger partial charge < -0.3 is 4.57 Å². The normalized spacial score (nSPS) is 11.6. The van der Waals surface area contributed by atoms with Crippen LogP contribution >= 0.6 is 0 Å². The number of hydrogen-bond donors (Lipinski definition) is 0. The molecule has 52 heavy (non-hydrogen) atoms. The molecule has 8 aromatic rings. The molecule has 3 heterocycles. The highest BCUT2D eigenvalue weighted by molar-refractivity contribution is 5.82. The van der Waals surface area contributed by atoms with Gasteiger partial charge in [0.05, 0.1) is 12.1 Å². The van der Waals surface area contributed by atoms with E-state index in [-0.39, 0.29) is 5.56 Å². The number of hydrogen-bond acceptors (Lipinski definition) is 5. The summed E-state index contributed by atoms with van der Waals surface area (Å²) in [7, 11) is 0. The van der Waals surface area contributed by atoms with Gasteiger partial charge in [0.1, 0.15) is 0 Å². The van der Waals surface area contributed by atoms with E-state index in [1.54, 1.807) is 10.9 Å². The van der Waals surface area contributed by atoms with Gasteiger partial charge >= 0.3 is 0 Å². The largest absolute Gasteiger partial charge is 0.304 e. The Morgan fingerprint density at radius 1 is 0.654 bits per heavy atom. The minimum Gasteiger partial charge on any atom is -0.304 e. The number of pyridine rings is 2. The van der Waals surface area contributed by atoms with Gasteiger partial charge in [-0.25, -0.2) is 0 Å². The first-order valence-corrected chi connectivity index (χ1v) is 17.7. The molecule has 0 bridgehead atoms. The third-order valence-corrected chi connectivity index (χ3v) is 9.80. The van der Waals surface area contributed by atoms with E-state index in [4.69, 9.17) is 20.4 Å². The first kappa shape index (κ1) is 32.7. The van der Waals surface area contributed by atoms with Gasteiger partial charge in [-0.1, -0.05) is 153 Å². The fraction of sp³-hybridized carbons (Fsp3) is 0.133. The van der Waals surface area contributed by atoms with Crippen molar-refractivity contribution in [2.75, 3.05) is 0 Å². The molecule has 0 spiro atoms. The Morgan fingerprint density at radius 2 is 1.23 bits per heavy atom. The van der Waals surface area contributed by atoms with Crippen molar-refractivity contribution in [3.05, 3.63) is 202 Å². The van der Waals surface area contributed by atoms with E-state index in [2.05, 4.69) is 79.7 Å². The summed E-state index contributed by atoms with van der Waals surface area (Å²) < 4.78 is 1.85. The second-order valence-electron chi connectivity index (χ2n) is 13.1. The Bertz CT molecular complexity index is 2430. The van der Waals surface area contributed by atoms with E-state index in [0.29, 0.717) is 12.4 Å². The van der Waals surface area contributed by atoms with Gasteiger partial charge in [0.2, 0.25) is 5.82 Å². The third-order valence-electron chi connectivity index (χ3n) is 9.80. The zero-order valence-electron chi connectivity index (χ0n) is 29.2. The van der Waals surface area contributed by atoms with Gasteiger partial charge in [0, 0.05) is 28.4 Å². The number of nitrogens with zero attached hydrogens (tertiary/aromatic N) is 6. The number of aryl methyl sites for hydroxylation is 2. The van der Waals surface area contributed by atoms with Crippen molar-refractivity contribution in [1.29, 1.82) is 0 Å². The van der Waals surface area contributed by atoms with Crippen LogP contribution in [0.15, 0.2) is 163 Å². The van der Waals surface area contributed by atoms with Crippen molar-refractivity contribution in [1.82, 2.24) is 29.8 Å². The van der Waals surface area contributed by atoms with Crippen LogP contribution in [0.3, 0.4) is 0 Å². The van der Waals surface area contributed by atoms with Gasteiger partial charge in [0.25, 0.3) is 5.56 Å². The lowest BCUT2D eigenvalue weighted by Gasteiger charge is -2.34. The number of fused-ring (bicyclic) bond motifs is 1. The van der Waals surface area contributed by atoms with Crippen LogP contribution in [0.25, 0.3) is 33.4 Å². The molecule has 0 aliphatic heterocycles. The second kappa shape index (κ2) is 14.0. The number of rotatable bonds is 10. The molecule has 5 aromatic carbocycles. The van der Waals surface area contributed by atoms with Crippen LogP contribution in [0.2, 0.25) is 0 Å². The molecule has 0 fully saturated rings. The van der Waals surface area contributed by atoms with Crippen LogP contribution < -0.4 is 5.56 Å². The Morgan fingerprint density at radius 3 is 1.83 bits per heavy atom. The summed E-state index contributed by atoms with van der Waals surface area (Å²) in [5.41, 5.74) is 8.99. The minimum atomic E-state index is -0.864. The van der Waals surface area contributed by atoms with Crippen molar-refractivity contribution in [3.8, 4) is 22.5 Å². The maximum atomic E-state index is 13.2.